The lowest BCUT2D eigenvalue weighted by molar-refractivity contribution is 1.42. The maximum atomic E-state index is 2.40. The van der Waals surface area contributed by atoms with Crippen LogP contribution in [0.3, 0.4) is 0 Å². The average Bonchev–Trinajstić information content (AvgIpc) is 2.91. The summed E-state index contributed by atoms with van der Waals surface area (Å²) in [4.78, 5) is 0. The monoisotopic (exact) mass is 432 g/mol. The Hall–Kier alpha value is -4.16. The van der Waals surface area contributed by atoms with Gasteiger partial charge in [0.05, 0.1) is 0 Å². The van der Waals surface area contributed by atoms with Crippen molar-refractivity contribution in [2.75, 3.05) is 0 Å². The summed E-state index contributed by atoms with van der Waals surface area (Å²) in [7, 11) is 0. The summed E-state index contributed by atoms with van der Waals surface area (Å²) in [5, 5.41) is 15.5. The molecule has 8 rings (SSSR count). The lowest BCUT2D eigenvalue weighted by Crippen LogP contribution is -1.89. The van der Waals surface area contributed by atoms with Gasteiger partial charge in [0.1, 0.15) is 0 Å². The highest BCUT2D eigenvalue weighted by Gasteiger charge is 2.10. The minimum absolute atomic E-state index is 1.25. The predicted molar refractivity (Wildman–Crippen MR) is 150 cm³/mol. The van der Waals surface area contributed by atoms with Crippen LogP contribution in [0.25, 0.3) is 64.6 Å². The Labute approximate surface area is 198 Å². The van der Waals surface area contributed by atoms with Crippen molar-refractivity contribution in [1.29, 1.82) is 0 Å². The fourth-order valence-corrected chi connectivity index (χ4v) is 5.73. The van der Waals surface area contributed by atoms with Crippen molar-refractivity contribution in [3.05, 3.63) is 120 Å². The average molecular weight is 433 g/mol. The van der Waals surface area contributed by atoms with Gasteiger partial charge in [0.25, 0.3) is 0 Å². The molecular formula is C34H24. The molecule has 0 nitrogen and oxygen atoms in total. The molecule has 0 fully saturated rings. The van der Waals surface area contributed by atoms with E-state index in [0.29, 0.717) is 0 Å². The van der Waals surface area contributed by atoms with Crippen molar-refractivity contribution < 1.29 is 0 Å². The van der Waals surface area contributed by atoms with Gasteiger partial charge in [-0.15, -0.1) is 0 Å². The van der Waals surface area contributed by atoms with Crippen molar-refractivity contribution in [3.8, 4) is 0 Å². The van der Waals surface area contributed by atoms with E-state index in [0.717, 1.165) is 0 Å². The molecule has 0 heterocycles. The summed E-state index contributed by atoms with van der Waals surface area (Å²) in [6.45, 7) is 4.51. The molecule has 8 aromatic carbocycles. The molecule has 6 bridgehead atoms. The second-order valence-electron chi connectivity index (χ2n) is 9.44. The first kappa shape index (κ1) is 19.3. The quantitative estimate of drug-likeness (QED) is 0.209. The van der Waals surface area contributed by atoms with Crippen LogP contribution in [0.4, 0.5) is 0 Å². The van der Waals surface area contributed by atoms with Gasteiger partial charge in [-0.1, -0.05) is 97.1 Å². The molecule has 34 heavy (non-hydrogen) atoms. The molecule has 0 spiro atoms. The van der Waals surface area contributed by atoms with Crippen LogP contribution in [0.15, 0.2) is 109 Å². The fourth-order valence-electron chi connectivity index (χ4n) is 5.73. The Kier molecular flexibility index (Phi) is 4.07. The second-order valence-corrected chi connectivity index (χ2v) is 9.44. The molecule has 0 atom stereocenters. The molecule has 0 heteroatoms. The molecule has 0 unspecified atom stereocenters. The first-order chi connectivity index (χ1) is 16.7. The molecular weight excluding hydrogens is 408 g/mol. The van der Waals surface area contributed by atoms with Gasteiger partial charge in [0.15, 0.2) is 0 Å². The van der Waals surface area contributed by atoms with Crippen LogP contribution in [0.5, 0.6) is 0 Å². The second kappa shape index (κ2) is 7.17. The summed E-state index contributed by atoms with van der Waals surface area (Å²) >= 11 is 0. The van der Waals surface area contributed by atoms with Crippen LogP contribution in [0.1, 0.15) is 11.1 Å². The Morgan fingerprint density at radius 2 is 0.618 bits per heavy atom. The van der Waals surface area contributed by atoms with E-state index < -0.39 is 0 Å². The summed E-state index contributed by atoms with van der Waals surface area (Å²) in [5.74, 6) is 0. The van der Waals surface area contributed by atoms with E-state index >= 15 is 0 Å². The van der Waals surface area contributed by atoms with Crippen molar-refractivity contribution >= 4 is 64.6 Å². The van der Waals surface area contributed by atoms with Crippen LogP contribution < -0.4 is 0 Å². The Morgan fingerprint density at radius 3 is 1.00 bits per heavy atom. The molecule has 0 saturated carbocycles. The third-order valence-electron chi connectivity index (χ3n) is 7.68. The number of aryl methyl sites for hydroxylation is 2. The highest BCUT2D eigenvalue weighted by molar-refractivity contribution is 6.18. The van der Waals surface area contributed by atoms with Crippen LogP contribution in [0, 0.1) is 13.8 Å². The SMILES string of the molecule is Cc1c(C)c2ccc3cc2c2cc(ccc12)c1ccccc1c1ccc(cc1)c1ccccc31. The number of fused-ring (bicyclic) bond motifs is 2. The van der Waals surface area contributed by atoms with Crippen molar-refractivity contribution in [1.82, 2.24) is 0 Å². The smallest absolute Gasteiger partial charge is 0.00962 e. The Bertz CT molecular complexity index is 1810. The van der Waals surface area contributed by atoms with E-state index in [1.165, 1.54) is 75.8 Å². The molecule has 0 aliphatic rings. The standard InChI is InChI=1S/C34H24/c1-21-22(2)28-18-16-26-20-34(28)33-19-25(15-17-27(21)33)31-9-5-3-7-29(31)23-11-13-24(14-12-23)30-8-4-6-10-32(26)30/h3-20H,1-2H3. The maximum Gasteiger partial charge on any atom is -0.00962 e. The first-order valence-electron chi connectivity index (χ1n) is 12.0. The summed E-state index contributed by atoms with van der Waals surface area (Å²) in [6.07, 6.45) is 0. The van der Waals surface area contributed by atoms with E-state index in [4.69, 9.17) is 0 Å². The van der Waals surface area contributed by atoms with Crippen molar-refractivity contribution in [3.63, 3.8) is 0 Å². The van der Waals surface area contributed by atoms with Crippen LogP contribution in [0.2, 0.25) is 0 Å². The topological polar surface area (TPSA) is 0 Å². The van der Waals surface area contributed by atoms with Gasteiger partial charge < -0.3 is 0 Å². The van der Waals surface area contributed by atoms with Gasteiger partial charge in [0, 0.05) is 0 Å². The van der Waals surface area contributed by atoms with Gasteiger partial charge in [-0.2, -0.15) is 0 Å². The number of hydrogen-bond donors (Lipinski definition) is 0. The minimum atomic E-state index is 1.25. The zero-order valence-corrected chi connectivity index (χ0v) is 19.4. The van der Waals surface area contributed by atoms with Crippen LogP contribution in [-0.2, 0) is 0 Å². The predicted octanol–water partition coefficient (Wildman–Crippen LogP) is 9.78. The highest BCUT2D eigenvalue weighted by Crippen LogP contribution is 2.36. The molecule has 160 valence electrons. The van der Waals surface area contributed by atoms with Gasteiger partial charge in [-0.25, -0.2) is 0 Å². The van der Waals surface area contributed by atoms with Crippen molar-refractivity contribution in [2.45, 2.75) is 13.8 Å². The van der Waals surface area contributed by atoms with Gasteiger partial charge in [0.2, 0.25) is 0 Å². The van der Waals surface area contributed by atoms with Crippen molar-refractivity contribution in [2.24, 2.45) is 0 Å². The molecule has 0 aliphatic carbocycles. The zero-order chi connectivity index (χ0) is 22.8. The van der Waals surface area contributed by atoms with E-state index in [1.807, 2.05) is 0 Å². The maximum absolute atomic E-state index is 2.40. The first-order valence-corrected chi connectivity index (χ1v) is 12.0. The third kappa shape index (κ3) is 2.72. The molecule has 0 radical (unpaired) electrons. The van der Waals surface area contributed by atoms with Crippen LogP contribution in [-0.4, -0.2) is 0 Å². The molecule has 8 aromatic rings. The summed E-state index contributed by atoms with van der Waals surface area (Å²) < 4.78 is 0. The molecule has 0 aromatic heterocycles. The van der Waals surface area contributed by atoms with Gasteiger partial charge in [-0.05, 0) is 102 Å². The molecule has 0 aliphatic heterocycles. The van der Waals surface area contributed by atoms with Gasteiger partial charge >= 0.3 is 0 Å². The zero-order valence-electron chi connectivity index (χ0n) is 19.4. The fraction of sp³-hybridized carbons (Fsp3) is 0.0588. The van der Waals surface area contributed by atoms with Gasteiger partial charge in [-0.3, -0.25) is 0 Å². The Morgan fingerprint density at radius 1 is 0.294 bits per heavy atom. The highest BCUT2D eigenvalue weighted by atomic mass is 14.1. The number of rotatable bonds is 0. The minimum Gasteiger partial charge on any atom is -0.0616 e. The van der Waals surface area contributed by atoms with E-state index in [2.05, 4.69) is 123 Å². The molecule has 0 saturated heterocycles. The summed E-state index contributed by atoms with van der Waals surface area (Å²) in [5.41, 5.74) is 2.73. The lowest BCUT2D eigenvalue weighted by atomic mass is 9.90. The molecule has 0 amide bonds. The van der Waals surface area contributed by atoms with Crippen LogP contribution >= 0.6 is 0 Å². The Balaban J connectivity index is 1.86. The van der Waals surface area contributed by atoms with E-state index in [1.54, 1.807) is 0 Å². The normalized spacial score (nSPS) is 11.8. The molecule has 0 N–H and O–H groups in total. The van der Waals surface area contributed by atoms with E-state index in [-0.39, 0.29) is 0 Å². The largest absolute Gasteiger partial charge is 0.0616 e. The van der Waals surface area contributed by atoms with E-state index in [9.17, 15) is 0 Å². The number of benzene rings is 6. The summed E-state index contributed by atoms with van der Waals surface area (Å²) in [6, 6.07) is 40.6. The lowest BCUT2D eigenvalue weighted by Gasteiger charge is -2.13. The number of hydrogen-bond acceptors (Lipinski definition) is 0. The third-order valence-corrected chi connectivity index (χ3v) is 7.68.